The molecule has 0 aliphatic rings. The summed E-state index contributed by atoms with van der Waals surface area (Å²) in [5.41, 5.74) is -0.335. The van der Waals surface area contributed by atoms with Crippen LogP contribution in [0.5, 0.6) is 0 Å². The molecule has 2 aromatic heterocycles. The second-order valence-corrected chi connectivity index (χ2v) is 3.06. The molecular formula is C10H7FN2O3. The number of rotatable bonds is 2. The number of oxazole rings is 1. The van der Waals surface area contributed by atoms with Gasteiger partial charge in [-0.1, -0.05) is 0 Å². The van der Waals surface area contributed by atoms with Crippen LogP contribution in [-0.4, -0.2) is 21.0 Å². The highest BCUT2D eigenvalue weighted by molar-refractivity contribution is 5.86. The Bertz CT molecular complexity index is 551. The Balaban J connectivity index is 2.54. The van der Waals surface area contributed by atoms with Crippen LogP contribution in [0.1, 0.15) is 16.2 Å². The Labute approximate surface area is 89.6 Å². The topological polar surface area (TPSA) is 76.2 Å². The Morgan fingerprint density at radius 3 is 2.88 bits per heavy atom. The minimum atomic E-state index is -1.22. The number of hydrogen-bond acceptors (Lipinski definition) is 4. The second-order valence-electron chi connectivity index (χ2n) is 3.06. The van der Waals surface area contributed by atoms with Crippen LogP contribution in [-0.2, 0) is 0 Å². The summed E-state index contributed by atoms with van der Waals surface area (Å²) in [5, 5.41) is 8.76. The van der Waals surface area contributed by atoms with Crippen LogP contribution in [0.25, 0.3) is 11.6 Å². The Morgan fingerprint density at radius 2 is 2.31 bits per heavy atom. The number of pyridine rings is 1. The molecular weight excluding hydrogens is 215 g/mol. The molecule has 0 atom stereocenters. The van der Waals surface area contributed by atoms with Crippen molar-refractivity contribution in [3.05, 3.63) is 35.6 Å². The van der Waals surface area contributed by atoms with E-state index in [4.69, 9.17) is 9.52 Å². The molecule has 16 heavy (non-hydrogen) atoms. The summed E-state index contributed by atoms with van der Waals surface area (Å²) in [5.74, 6) is -1.84. The highest BCUT2D eigenvalue weighted by atomic mass is 19.1. The number of aryl methyl sites for hydroxylation is 1. The molecule has 0 saturated heterocycles. The zero-order valence-electron chi connectivity index (χ0n) is 8.27. The van der Waals surface area contributed by atoms with Crippen molar-refractivity contribution < 1.29 is 18.7 Å². The highest BCUT2D eigenvalue weighted by Gasteiger charge is 2.19. The van der Waals surface area contributed by atoms with Crippen molar-refractivity contribution in [1.29, 1.82) is 0 Å². The van der Waals surface area contributed by atoms with Gasteiger partial charge < -0.3 is 9.52 Å². The lowest BCUT2D eigenvalue weighted by molar-refractivity contribution is 0.0689. The van der Waals surface area contributed by atoms with Gasteiger partial charge in [0.2, 0.25) is 5.89 Å². The fourth-order valence-electron chi connectivity index (χ4n) is 1.24. The van der Waals surface area contributed by atoms with E-state index < -0.39 is 11.8 Å². The zero-order chi connectivity index (χ0) is 11.7. The van der Waals surface area contributed by atoms with E-state index in [-0.39, 0.29) is 23.0 Å². The van der Waals surface area contributed by atoms with Gasteiger partial charge in [0.25, 0.3) is 0 Å². The first-order valence-electron chi connectivity index (χ1n) is 4.41. The van der Waals surface area contributed by atoms with Gasteiger partial charge in [-0.3, -0.25) is 0 Å². The molecule has 2 rings (SSSR count). The fraction of sp³-hybridized carbons (Fsp3) is 0.100. The summed E-state index contributed by atoms with van der Waals surface area (Å²) in [6, 6.07) is 2.62. The standard InChI is InChI=1S/C10H7FN2O3/c1-5-7(10(14)15)13-9(16-5)8-6(11)3-2-4-12-8/h2-4H,1H3,(H,14,15). The number of aromatic nitrogens is 2. The molecule has 6 heteroatoms. The maximum atomic E-state index is 13.3. The van der Waals surface area contributed by atoms with Crippen molar-refractivity contribution in [2.45, 2.75) is 6.92 Å². The molecule has 5 nitrogen and oxygen atoms in total. The summed E-state index contributed by atoms with van der Waals surface area (Å²) >= 11 is 0. The molecule has 0 fully saturated rings. The highest BCUT2D eigenvalue weighted by Crippen LogP contribution is 2.21. The fourth-order valence-corrected chi connectivity index (χ4v) is 1.24. The number of carboxylic acid groups (broad SMARTS) is 1. The molecule has 0 radical (unpaired) electrons. The lowest BCUT2D eigenvalue weighted by atomic mass is 10.3. The molecule has 2 heterocycles. The van der Waals surface area contributed by atoms with Gasteiger partial charge >= 0.3 is 5.97 Å². The van der Waals surface area contributed by atoms with Crippen LogP contribution in [0.4, 0.5) is 4.39 Å². The largest absolute Gasteiger partial charge is 0.476 e. The Morgan fingerprint density at radius 1 is 1.56 bits per heavy atom. The van der Waals surface area contributed by atoms with Gasteiger partial charge in [0.15, 0.2) is 17.2 Å². The van der Waals surface area contributed by atoms with E-state index in [2.05, 4.69) is 9.97 Å². The number of carbonyl (C=O) groups is 1. The summed E-state index contributed by atoms with van der Waals surface area (Å²) < 4.78 is 18.4. The maximum absolute atomic E-state index is 13.3. The van der Waals surface area contributed by atoms with Gasteiger partial charge in [-0.15, -0.1) is 0 Å². The van der Waals surface area contributed by atoms with Crippen molar-refractivity contribution in [3.63, 3.8) is 0 Å². The summed E-state index contributed by atoms with van der Waals surface area (Å²) in [6.07, 6.45) is 1.37. The van der Waals surface area contributed by atoms with Crippen LogP contribution in [0.3, 0.4) is 0 Å². The van der Waals surface area contributed by atoms with Crippen LogP contribution in [0, 0.1) is 12.7 Å². The Kier molecular flexibility index (Phi) is 2.40. The number of halogens is 1. The van der Waals surface area contributed by atoms with E-state index in [0.717, 1.165) is 0 Å². The number of nitrogens with zero attached hydrogens (tertiary/aromatic N) is 2. The van der Waals surface area contributed by atoms with E-state index in [9.17, 15) is 9.18 Å². The quantitative estimate of drug-likeness (QED) is 0.839. The summed E-state index contributed by atoms with van der Waals surface area (Å²) in [6.45, 7) is 1.45. The molecule has 0 aliphatic heterocycles. The molecule has 0 unspecified atom stereocenters. The van der Waals surface area contributed by atoms with Crippen molar-refractivity contribution in [1.82, 2.24) is 9.97 Å². The minimum absolute atomic E-state index is 0.0990. The van der Waals surface area contributed by atoms with Crippen LogP contribution < -0.4 is 0 Å². The zero-order valence-corrected chi connectivity index (χ0v) is 8.27. The smallest absolute Gasteiger partial charge is 0.358 e. The SMILES string of the molecule is Cc1oc(-c2ncccc2F)nc1C(=O)O. The van der Waals surface area contributed by atoms with Gasteiger partial charge in [-0.25, -0.2) is 19.2 Å². The molecule has 0 aliphatic carbocycles. The first-order chi connectivity index (χ1) is 7.59. The first-order valence-corrected chi connectivity index (χ1v) is 4.41. The van der Waals surface area contributed by atoms with Crippen LogP contribution in [0.15, 0.2) is 22.7 Å². The molecule has 0 bridgehead atoms. The first kappa shape index (κ1) is 10.3. The Hall–Kier alpha value is -2.24. The molecule has 82 valence electrons. The third-order valence-corrected chi connectivity index (χ3v) is 1.96. The molecule has 2 aromatic rings. The van der Waals surface area contributed by atoms with E-state index >= 15 is 0 Å². The molecule has 1 N–H and O–H groups in total. The predicted molar refractivity (Wildman–Crippen MR) is 51.4 cm³/mol. The van der Waals surface area contributed by atoms with Crippen LogP contribution in [0.2, 0.25) is 0 Å². The lowest BCUT2D eigenvalue weighted by Gasteiger charge is -1.94. The van der Waals surface area contributed by atoms with Gasteiger partial charge in [-0.2, -0.15) is 0 Å². The van der Waals surface area contributed by atoms with Crippen molar-refractivity contribution >= 4 is 5.97 Å². The molecule has 0 saturated carbocycles. The third kappa shape index (κ3) is 1.65. The van der Waals surface area contributed by atoms with Gasteiger partial charge in [0.1, 0.15) is 5.76 Å². The monoisotopic (exact) mass is 222 g/mol. The van der Waals surface area contributed by atoms with Crippen LogP contribution >= 0.6 is 0 Å². The lowest BCUT2D eigenvalue weighted by Crippen LogP contribution is -1.98. The van der Waals surface area contributed by atoms with E-state index in [1.54, 1.807) is 0 Å². The minimum Gasteiger partial charge on any atom is -0.476 e. The number of hydrogen-bond donors (Lipinski definition) is 1. The van der Waals surface area contributed by atoms with E-state index in [0.29, 0.717) is 0 Å². The normalized spacial score (nSPS) is 10.4. The summed E-state index contributed by atoms with van der Waals surface area (Å²) in [7, 11) is 0. The van der Waals surface area contributed by atoms with Gasteiger partial charge in [-0.05, 0) is 19.1 Å². The van der Waals surface area contributed by atoms with Crippen molar-refractivity contribution in [3.8, 4) is 11.6 Å². The molecule has 0 aromatic carbocycles. The van der Waals surface area contributed by atoms with E-state index in [1.807, 2.05) is 0 Å². The number of carboxylic acids is 1. The number of aromatic carboxylic acids is 1. The molecule has 0 amide bonds. The predicted octanol–water partition coefficient (Wildman–Crippen LogP) is 1.88. The van der Waals surface area contributed by atoms with Crippen molar-refractivity contribution in [2.75, 3.05) is 0 Å². The van der Waals surface area contributed by atoms with Gasteiger partial charge in [0.05, 0.1) is 0 Å². The third-order valence-electron chi connectivity index (χ3n) is 1.96. The second kappa shape index (κ2) is 3.73. The van der Waals surface area contributed by atoms with E-state index in [1.165, 1.54) is 25.3 Å². The average molecular weight is 222 g/mol. The maximum Gasteiger partial charge on any atom is 0.358 e. The average Bonchev–Trinajstić information content (AvgIpc) is 2.61. The van der Waals surface area contributed by atoms with Gasteiger partial charge in [0, 0.05) is 6.20 Å². The summed E-state index contributed by atoms with van der Waals surface area (Å²) in [4.78, 5) is 18.1. The molecule has 0 spiro atoms. The van der Waals surface area contributed by atoms with Crippen molar-refractivity contribution in [2.24, 2.45) is 0 Å².